The van der Waals surface area contributed by atoms with Crippen LogP contribution in [0, 0.1) is 5.41 Å². The third kappa shape index (κ3) is 3.32. The van der Waals surface area contributed by atoms with Gasteiger partial charge in [0.05, 0.1) is 6.61 Å². The van der Waals surface area contributed by atoms with Crippen molar-refractivity contribution in [2.75, 3.05) is 6.61 Å². The lowest BCUT2D eigenvalue weighted by atomic mass is 9.57. The molecule has 0 bridgehead atoms. The average molecular weight is 287 g/mol. The van der Waals surface area contributed by atoms with Crippen molar-refractivity contribution in [3.05, 3.63) is 35.4 Å². The van der Waals surface area contributed by atoms with Crippen molar-refractivity contribution in [1.82, 2.24) is 5.32 Å². The van der Waals surface area contributed by atoms with Gasteiger partial charge in [0.2, 0.25) is 0 Å². The molecule has 2 heteroatoms. The van der Waals surface area contributed by atoms with Crippen LogP contribution in [0.4, 0.5) is 0 Å². The predicted octanol–water partition coefficient (Wildman–Crippen LogP) is 4.43. The third-order valence-electron chi connectivity index (χ3n) is 5.64. The molecule has 2 saturated carbocycles. The first kappa shape index (κ1) is 15.1. The van der Waals surface area contributed by atoms with E-state index in [0.717, 1.165) is 25.8 Å². The van der Waals surface area contributed by atoms with Crippen molar-refractivity contribution in [1.29, 1.82) is 0 Å². The van der Waals surface area contributed by atoms with Crippen LogP contribution >= 0.6 is 0 Å². The lowest BCUT2D eigenvalue weighted by Crippen LogP contribution is -2.54. The zero-order chi connectivity index (χ0) is 14.5. The van der Waals surface area contributed by atoms with E-state index in [2.05, 4.69) is 36.5 Å². The Kier molecular flexibility index (Phi) is 4.97. The molecule has 0 heterocycles. The summed E-state index contributed by atoms with van der Waals surface area (Å²) in [5.41, 5.74) is 3.39. The molecule has 0 amide bonds. The normalized spacial score (nSPS) is 24.0. The van der Waals surface area contributed by atoms with E-state index in [9.17, 15) is 0 Å². The van der Waals surface area contributed by atoms with E-state index in [4.69, 9.17) is 4.74 Å². The van der Waals surface area contributed by atoms with Gasteiger partial charge in [-0.05, 0) is 49.1 Å². The van der Waals surface area contributed by atoms with E-state index >= 15 is 0 Å². The van der Waals surface area contributed by atoms with Crippen molar-refractivity contribution < 1.29 is 4.74 Å². The van der Waals surface area contributed by atoms with Crippen molar-refractivity contribution >= 4 is 0 Å². The van der Waals surface area contributed by atoms with Gasteiger partial charge in [0.15, 0.2) is 0 Å². The van der Waals surface area contributed by atoms with Crippen LogP contribution in [0.3, 0.4) is 0 Å². The van der Waals surface area contributed by atoms with Gasteiger partial charge in [0.25, 0.3) is 0 Å². The zero-order valence-electron chi connectivity index (χ0n) is 13.4. The minimum Gasteiger partial charge on any atom is -0.377 e. The minimum atomic E-state index is 0.646. The van der Waals surface area contributed by atoms with E-state index in [1.54, 1.807) is 0 Å². The van der Waals surface area contributed by atoms with E-state index in [0.29, 0.717) is 5.41 Å². The molecule has 3 rings (SSSR count). The van der Waals surface area contributed by atoms with Crippen LogP contribution in [0.5, 0.6) is 0 Å². The Bertz CT molecular complexity index is 451. The summed E-state index contributed by atoms with van der Waals surface area (Å²) in [5, 5.41) is 3.86. The maximum absolute atomic E-state index is 5.59. The fourth-order valence-corrected chi connectivity index (χ4v) is 4.19. The minimum absolute atomic E-state index is 0.646. The molecule has 1 aromatic rings. The summed E-state index contributed by atoms with van der Waals surface area (Å²) in [6.07, 6.45) is 10.1. The summed E-state index contributed by atoms with van der Waals surface area (Å²) in [5.74, 6) is 0. The zero-order valence-corrected chi connectivity index (χ0v) is 13.4. The smallest absolute Gasteiger partial charge is 0.0719 e. The van der Waals surface area contributed by atoms with E-state index < -0.39 is 0 Å². The van der Waals surface area contributed by atoms with E-state index in [1.165, 1.54) is 56.1 Å². The molecule has 1 aromatic carbocycles. The number of rotatable bonds is 6. The Hall–Kier alpha value is -0.860. The molecule has 0 radical (unpaired) electrons. The molecule has 2 aliphatic carbocycles. The molecule has 2 aliphatic rings. The SMILES string of the molecule is CCOCc1ccccc1CNC1CCC12CCCCC2. The second-order valence-corrected chi connectivity index (χ2v) is 6.80. The maximum atomic E-state index is 5.59. The lowest BCUT2D eigenvalue weighted by Gasteiger charge is -2.52. The molecular formula is C19H29NO. The highest BCUT2D eigenvalue weighted by molar-refractivity contribution is 5.26. The molecular weight excluding hydrogens is 258 g/mol. The summed E-state index contributed by atoms with van der Waals surface area (Å²) in [6, 6.07) is 9.45. The van der Waals surface area contributed by atoms with Gasteiger partial charge >= 0.3 is 0 Å². The summed E-state index contributed by atoms with van der Waals surface area (Å²) in [4.78, 5) is 0. The summed E-state index contributed by atoms with van der Waals surface area (Å²) in [7, 11) is 0. The number of hydrogen-bond donors (Lipinski definition) is 1. The molecule has 0 aliphatic heterocycles. The molecule has 1 N–H and O–H groups in total. The number of nitrogens with one attached hydrogen (secondary N) is 1. The van der Waals surface area contributed by atoms with Gasteiger partial charge in [-0.25, -0.2) is 0 Å². The van der Waals surface area contributed by atoms with Crippen LogP contribution in [0.1, 0.15) is 63.0 Å². The molecule has 2 nitrogen and oxygen atoms in total. The second kappa shape index (κ2) is 6.93. The van der Waals surface area contributed by atoms with Gasteiger partial charge in [-0.1, -0.05) is 43.5 Å². The second-order valence-electron chi connectivity index (χ2n) is 6.80. The Morgan fingerprint density at radius 1 is 1.10 bits per heavy atom. The Balaban J connectivity index is 1.57. The van der Waals surface area contributed by atoms with Gasteiger partial charge in [0, 0.05) is 19.2 Å². The van der Waals surface area contributed by atoms with Gasteiger partial charge in [-0.15, -0.1) is 0 Å². The highest BCUT2D eigenvalue weighted by Gasteiger charge is 2.46. The van der Waals surface area contributed by atoms with Crippen molar-refractivity contribution in [2.24, 2.45) is 5.41 Å². The fraction of sp³-hybridized carbons (Fsp3) is 0.684. The first-order valence-corrected chi connectivity index (χ1v) is 8.72. The van der Waals surface area contributed by atoms with Crippen molar-refractivity contribution in [3.63, 3.8) is 0 Å². The summed E-state index contributed by atoms with van der Waals surface area (Å²) < 4.78 is 5.59. The highest BCUT2D eigenvalue weighted by atomic mass is 16.5. The first-order chi connectivity index (χ1) is 10.3. The van der Waals surface area contributed by atoms with Gasteiger partial charge in [0.1, 0.15) is 0 Å². The number of hydrogen-bond acceptors (Lipinski definition) is 2. The average Bonchev–Trinajstić information content (AvgIpc) is 2.54. The van der Waals surface area contributed by atoms with Crippen LogP contribution in [0.2, 0.25) is 0 Å². The molecule has 1 atom stereocenters. The fourth-order valence-electron chi connectivity index (χ4n) is 4.19. The molecule has 116 valence electrons. The van der Waals surface area contributed by atoms with E-state index in [-0.39, 0.29) is 0 Å². The Morgan fingerprint density at radius 2 is 1.86 bits per heavy atom. The molecule has 0 saturated heterocycles. The van der Waals surface area contributed by atoms with Crippen LogP contribution in [0.25, 0.3) is 0 Å². The topological polar surface area (TPSA) is 21.3 Å². The first-order valence-electron chi connectivity index (χ1n) is 8.72. The Morgan fingerprint density at radius 3 is 2.52 bits per heavy atom. The van der Waals surface area contributed by atoms with Crippen LogP contribution in [-0.2, 0) is 17.9 Å². The molecule has 21 heavy (non-hydrogen) atoms. The predicted molar refractivity (Wildman–Crippen MR) is 87.2 cm³/mol. The summed E-state index contributed by atoms with van der Waals surface area (Å²) in [6.45, 7) is 4.58. The van der Waals surface area contributed by atoms with Crippen molar-refractivity contribution in [3.8, 4) is 0 Å². The molecule has 1 spiro atoms. The van der Waals surface area contributed by atoms with Crippen molar-refractivity contribution in [2.45, 2.75) is 71.1 Å². The highest BCUT2D eigenvalue weighted by Crippen LogP contribution is 2.51. The van der Waals surface area contributed by atoms with Crippen LogP contribution in [-0.4, -0.2) is 12.6 Å². The van der Waals surface area contributed by atoms with Gasteiger partial charge in [-0.2, -0.15) is 0 Å². The maximum Gasteiger partial charge on any atom is 0.0719 e. The summed E-state index contributed by atoms with van der Waals surface area (Å²) >= 11 is 0. The third-order valence-corrected chi connectivity index (χ3v) is 5.64. The van der Waals surface area contributed by atoms with Crippen LogP contribution < -0.4 is 5.32 Å². The lowest BCUT2D eigenvalue weighted by molar-refractivity contribution is 0.0220. The number of ether oxygens (including phenoxy) is 1. The van der Waals surface area contributed by atoms with E-state index in [1.807, 2.05) is 0 Å². The largest absolute Gasteiger partial charge is 0.377 e. The van der Waals surface area contributed by atoms with Gasteiger partial charge in [-0.3, -0.25) is 0 Å². The molecule has 0 aromatic heterocycles. The standard InChI is InChI=1S/C19H29NO/c1-2-21-15-17-9-5-4-8-16(17)14-20-18-10-13-19(18)11-6-3-7-12-19/h4-5,8-9,18,20H,2-3,6-7,10-15H2,1H3. The molecule has 2 fully saturated rings. The van der Waals surface area contributed by atoms with Crippen LogP contribution in [0.15, 0.2) is 24.3 Å². The quantitative estimate of drug-likeness (QED) is 0.836. The molecule has 1 unspecified atom stereocenters. The van der Waals surface area contributed by atoms with Gasteiger partial charge < -0.3 is 10.1 Å². The Labute approximate surface area is 129 Å². The monoisotopic (exact) mass is 287 g/mol. The number of benzene rings is 1.